The van der Waals surface area contributed by atoms with Gasteiger partial charge in [-0.3, -0.25) is 14.4 Å². The monoisotopic (exact) mass is 429 g/mol. The van der Waals surface area contributed by atoms with E-state index in [1.54, 1.807) is 0 Å². The highest BCUT2D eigenvalue weighted by Gasteiger charge is 2.34. The number of carbonyl (C=O) groups is 2. The molecule has 2 aromatic rings. The average molecular weight is 429 g/mol. The fourth-order valence-corrected chi connectivity index (χ4v) is 3.14. The molecule has 1 aliphatic rings. The molecule has 0 N–H and O–H groups in total. The van der Waals surface area contributed by atoms with E-state index >= 15 is 0 Å². The van der Waals surface area contributed by atoms with Crippen molar-refractivity contribution in [1.82, 2.24) is 14.4 Å². The van der Waals surface area contributed by atoms with Crippen LogP contribution in [0.2, 0.25) is 0 Å². The molecule has 1 aromatic heterocycles. The molecule has 1 saturated heterocycles. The lowest BCUT2D eigenvalue weighted by Gasteiger charge is -2.35. The van der Waals surface area contributed by atoms with Crippen LogP contribution < -0.4 is 5.56 Å². The van der Waals surface area contributed by atoms with E-state index in [4.69, 9.17) is 0 Å². The van der Waals surface area contributed by atoms with E-state index in [1.807, 2.05) is 0 Å². The molecule has 3 rings (SSSR count). The van der Waals surface area contributed by atoms with Crippen LogP contribution in [0.15, 0.2) is 41.3 Å². The normalized spacial score (nSPS) is 14.7. The first kappa shape index (κ1) is 21.5. The molecule has 0 unspecified atom stereocenters. The zero-order valence-corrected chi connectivity index (χ0v) is 15.5. The van der Waals surface area contributed by atoms with E-state index in [0.717, 1.165) is 30.5 Å². The van der Waals surface area contributed by atoms with Gasteiger partial charge in [0, 0.05) is 32.4 Å². The van der Waals surface area contributed by atoms with Gasteiger partial charge >= 0.3 is 6.18 Å². The van der Waals surface area contributed by atoms with E-state index in [9.17, 15) is 36.3 Å². The second kappa shape index (κ2) is 8.25. The van der Waals surface area contributed by atoms with E-state index < -0.39 is 52.9 Å². The van der Waals surface area contributed by atoms with Gasteiger partial charge in [0.15, 0.2) is 0 Å². The third kappa shape index (κ3) is 4.34. The molecule has 11 heteroatoms. The van der Waals surface area contributed by atoms with Crippen LogP contribution in [-0.4, -0.2) is 52.4 Å². The van der Waals surface area contributed by atoms with Gasteiger partial charge in [-0.15, -0.1) is 0 Å². The topological polar surface area (TPSA) is 62.6 Å². The van der Waals surface area contributed by atoms with Gasteiger partial charge in [0.25, 0.3) is 11.5 Å². The van der Waals surface area contributed by atoms with Crippen LogP contribution in [0.4, 0.5) is 22.0 Å². The Morgan fingerprint density at radius 1 is 0.900 bits per heavy atom. The Morgan fingerprint density at radius 2 is 1.47 bits per heavy atom. The van der Waals surface area contributed by atoms with Gasteiger partial charge in [-0.1, -0.05) is 6.07 Å². The molecular weight excluding hydrogens is 413 g/mol. The highest BCUT2D eigenvalue weighted by molar-refractivity contribution is 5.95. The van der Waals surface area contributed by atoms with Crippen LogP contribution in [0.5, 0.6) is 0 Å². The van der Waals surface area contributed by atoms with Crippen LogP contribution in [0.3, 0.4) is 0 Å². The number of amides is 2. The minimum atomic E-state index is -4.84. The van der Waals surface area contributed by atoms with Gasteiger partial charge in [-0.2, -0.15) is 13.2 Å². The van der Waals surface area contributed by atoms with Crippen molar-refractivity contribution in [2.75, 3.05) is 26.2 Å². The lowest BCUT2D eigenvalue weighted by Crippen LogP contribution is -2.52. The summed E-state index contributed by atoms with van der Waals surface area (Å²) in [6.07, 6.45) is -3.76. The van der Waals surface area contributed by atoms with Crippen molar-refractivity contribution in [3.63, 3.8) is 0 Å². The smallest absolute Gasteiger partial charge is 0.338 e. The first-order chi connectivity index (χ1) is 14.1. The molecule has 1 fully saturated rings. The summed E-state index contributed by atoms with van der Waals surface area (Å²) < 4.78 is 66.8. The summed E-state index contributed by atoms with van der Waals surface area (Å²) in [7, 11) is 0. The van der Waals surface area contributed by atoms with Crippen molar-refractivity contribution < 1.29 is 31.5 Å². The molecule has 0 atom stereocenters. The molecule has 1 aromatic carbocycles. The minimum Gasteiger partial charge on any atom is -0.338 e. The van der Waals surface area contributed by atoms with Gasteiger partial charge in [-0.25, -0.2) is 8.78 Å². The highest BCUT2D eigenvalue weighted by atomic mass is 19.4. The number of piperazine rings is 1. The number of pyridine rings is 1. The number of aromatic nitrogens is 1. The van der Waals surface area contributed by atoms with Crippen molar-refractivity contribution in [3.05, 3.63) is 69.6 Å². The van der Waals surface area contributed by atoms with Crippen LogP contribution >= 0.6 is 0 Å². The fourth-order valence-electron chi connectivity index (χ4n) is 3.14. The number of rotatable bonds is 3. The van der Waals surface area contributed by atoms with E-state index in [-0.39, 0.29) is 26.2 Å². The van der Waals surface area contributed by atoms with Gasteiger partial charge in [0.05, 0.1) is 0 Å². The van der Waals surface area contributed by atoms with Crippen LogP contribution in [0.25, 0.3) is 0 Å². The maximum atomic E-state index is 13.8. The van der Waals surface area contributed by atoms with Crippen molar-refractivity contribution >= 4 is 11.8 Å². The predicted molar refractivity (Wildman–Crippen MR) is 94.5 cm³/mol. The van der Waals surface area contributed by atoms with E-state index in [2.05, 4.69) is 0 Å². The highest BCUT2D eigenvalue weighted by Crippen LogP contribution is 2.26. The molecule has 1 aliphatic heterocycles. The minimum absolute atomic E-state index is 0.00829. The Hall–Kier alpha value is -3.24. The summed E-state index contributed by atoms with van der Waals surface area (Å²) in [6, 6.07) is 4.71. The standard InChI is InChI=1S/C19H16F5N3O3/c20-13-4-1-5-14(21)16(13)18(30)26-9-7-25(8-10-26)15(28)11-27-6-2-3-12(17(27)29)19(22,23)24/h1-6H,7-11H2. The number of benzene rings is 1. The number of alkyl halides is 3. The quantitative estimate of drug-likeness (QED) is 0.703. The van der Waals surface area contributed by atoms with Crippen molar-refractivity contribution in [3.8, 4) is 0 Å². The largest absolute Gasteiger partial charge is 0.421 e. The fraction of sp³-hybridized carbons (Fsp3) is 0.316. The molecule has 0 aliphatic carbocycles. The summed E-state index contributed by atoms with van der Waals surface area (Å²) in [5.41, 5.74) is -3.39. The Bertz CT molecular complexity index is 1010. The maximum Gasteiger partial charge on any atom is 0.421 e. The molecule has 160 valence electrons. The summed E-state index contributed by atoms with van der Waals surface area (Å²) in [6.45, 7) is -0.618. The number of nitrogens with zero attached hydrogens (tertiary/aromatic N) is 3. The van der Waals surface area contributed by atoms with Gasteiger partial charge in [0.2, 0.25) is 5.91 Å². The Labute approximate surface area is 167 Å². The zero-order valence-electron chi connectivity index (χ0n) is 15.5. The van der Waals surface area contributed by atoms with Crippen LogP contribution in [0.1, 0.15) is 15.9 Å². The Morgan fingerprint density at radius 3 is 2.03 bits per heavy atom. The summed E-state index contributed by atoms with van der Waals surface area (Å²) in [4.78, 5) is 39.2. The van der Waals surface area contributed by atoms with Gasteiger partial charge < -0.3 is 14.4 Å². The second-order valence-corrected chi connectivity index (χ2v) is 6.62. The van der Waals surface area contributed by atoms with Gasteiger partial charge in [0.1, 0.15) is 29.3 Å². The SMILES string of the molecule is O=C(Cn1cccc(C(F)(F)F)c1=O)N1CCN(C(=O)c2c(F)cccc2F)CC1. The molecule has 0 bridgehead atoms. The third-order valence-electron chi connectivity index (χ3n) is 4.73. The molecule has 30 heavy (non-hydrogen) atoms. The molecule has 2 amide bonds. The Kier molecular flexibility index (Phi) is 5.90. The summed E-state index contributed by atoms with van der Waals surface area (Å²) in [5.74, 6) is -3.46. The van der Waals surface area contributed by atoms with Crippen LogP contribution in [0, 0.1) is 11.6 Å². The Balaban J connectivity index is 1.65. The third-order valence-corrected chi connectivity index (χ3v) is 4.73. The molecule has 0 saturated carbocycles. The molecule has 2 heterocycles. The lowest BCUT2D eigenvalue weighted by molar-refractivity contribution is -0.139. The van der Waals surface area contributed by atoms with Crippen molar-refractivity contribution in [1.29, 1.82) is 0 Å². The van der Waals surface area contributed by atoms with E-state index in [1.165, 1.54) is 9.80 Å². The van der Waals surface area contributed by atoms with E-state index in [0.29, 0.717) is 10.6 Å². The average Bonchev–Trinajstić information content (AvgIpc) is 2.68. The number of carbonyl (C=O) groups excluding carboxylic acids is 2. The molecule has 0 radical (unpaired) electrons. The zero-order chi connectivity index (χ0) is 22.1. The first-order valence-electron chi connectivity index (χ1n) is 8.87. The summed E-state index contributed by atoms with van der Waals surface area (Å²) >= 11 is 0. The van der Waals surface area contributed by atoms with Crippen LogP contribution in [-0.2, 0) is 17.5 Å². The predicted octanol–water partition coefficient (Wildman–Crippen LogP) is 2.13. The maximum absolute atomic E-state index is 13.8. The molecular formula is C19H16F5N3O3. The second-order valence-electron chi connectivity index (χ2n) is 6.62. The lowest BCUT2D eigenvalue weighted by atomic mass is 10.1. The molecule has 0 spiro atoms. The van der Waals surface area contributed by atoms with Crippen molar-refractivity contribution in [2.45, 2.75) is 12.7 Å². The van der Waals surface area contributed by atoms with Gasteiger partial charge in [-0.05, 0) is 24.3 Å². The first-order valence-corrected chi connectivity index (χ1v) is 8.87. The number of halogens is 5. The summed E-state index contributed by atoms with van der Waals surface area (Å²) in [5, 5.41) is 0. The van der Waals surface area contributed by atoms with Crippen molar-refractivity contribution in [2.24, 2.45) is 0 Å². The number of hydrogen-bond donors (Lipinski definition) is 0. The number of hydrogen-bond acceptors (Lipinski definition) is 3. The molecule has 6 nitrogen and oxygen atoms in total.